The number of allylic oxidation sites excluding steroid dienone is 2. The summed E-state index contributed by atoms with van der Waals surface area (Å²) in [5.41, 5.74) is 0.702. The van der Waals surface area contributed by atoms with Crippen molar-refractivity contribution in [1.82, 2.24) is 14.5 Å². The van der Waals surface area contributed by atoms with E-state index in [1.165, 1.54) is 35.4 Å². The van der Waals surface area contributed by atoms with E-state index in [0.29, 0.717) is 10.6 Å². The van der Waals surface area contributed by atoms with Gasteiger partial charge in [-0.2, -0.15) is 9.82 Å². The molecule has 7 nitrogen and oxygen atoms in total. The molecule has 1 heterocycles. The Morgan fingerprint density at radius 1 is 1.37 bits per heavy atom. The highest BCUT2D eigenvalue weighted by molar-refractivity contribution is 8.09. The summed E-state index contributed by atoms with van der Waals surface area (Å²) in [4.78, 5) is 11.6. The van der Waals surface area contributed by atoms with Gasteiger partial charge in [0, 0.05) is 18.3 Å². The Balaban J connectivity index is 2.16. The van der Waals surface area contributed by atoms with Gasteiger partial charge in [-0.25, -0.2) is 13.1 Å². The lowest BCUT2D eigenvalue weighted by Crippen LogP contribution is -2.44. The van der Waals surface area contributed by atoms with Gasteiger partial charge in [-0.1, -0.05) is 48.9 Å². The first-order valence-corrected chi connectivity index (χ1v) is 10.1. The van der Waals surface area contributed by atoms with Crippen LogP contribution in [0.15, 0.2) is 59.1 Å². The maximum absolute atomic E-state index is 12.4. The predicted molar refractivity (Wildman–Crippen MR) is 108 cm³/mol. The van der Waals surface area contributed by atoms with Gasteiger partial charge in [-0.3, -0.25) is 4.79 Å². The minimum absolute atomic E-state index is 0.330. The third kappa shape index (κ3) is 5.96. The third-order valence-electron chi connectivity index (χ3n) is 3.70. The fourth-order valence-corrected chi connectivity index (χ4v) is 3.65. The Kier molecular flexibility index (Phi) is 7.25. The molecule has 1 aromatic carbocycles. The van der Waals surface area contributed by atoms with Gasteiger partial charge in [-0.15, -0.1) is 12.6 Å². The van der Waals surface area contributed by atoms with Crippen molar-refractivity contribution in [3.05, 3.63) is 69.7 Å². The van der Waals surface area contributed by atoms with E-state index in [2.05, 4.69) is 22.4 Å². The summed E-state index contributed by atoms with van der Waals surface area (Å²) >= 11 is 9.70. The number of aromatic nitrogens is 2. The van der Waals surface area contributed by atoms with Crippen LogP contribution in [0, 0.1) is 0 Å². The maximum atomic E-state index is 12.4. The molecule has 0 bridgehead atoms. The summed E-state index contributed by atoms with van der Waals surface area (Å²) in [5, 5.41) is 13.8. The van der Waals surface area contributed by atoms with E-state index in [-0.39, 0.29) is 4.24 Å². The van der Waals surface area contributed by atoms with Crippen molar-refractivity contribution in [3.63, 3.8) is 0 Å². The largest absolute Gasteiger partial charge is 0.480 e. The Hall–Kier alpha value is -2.07. The van der Waals surface area contributed by atoms with E-state index < -0.39 is 28.0 Å². The molecule has 0 aliphatic rings. The van der Waals surface area contributed by atoms with Crippen LogP contribution in [0.5, 0.6) is 0 Å². The lowest BCUT2D eigenvalue weighted by atomic mass is 9.94. The zero-order valence-electron chi connectivity index (χ0n) is 14.2. The number of carbonyl (C=O) groups is 1. The van der Waals surface area contributed by atoms with Crippen molar-refractivity contribution in [1.29, 1.82) is 0 Å². The van der Waals surface area contributed by atoms with Gasteiger partial charge >= 0.3 is 5.97 Å². The molecule has 0 spiro atoms. The number of sulfonamides is 1. The van der Waals surface area contributed by atoms with Crippen LogP contribution in [-0.2, 0) is 14.8 Å². The lowest BCUT2D eigenvalue weighted by Gasteiger charge is -2.21. The molecule has 2 aromatic rings. The smallest absolute Gasteiger partial charge is 0.322 e. The minimum atomic E-state index is -4.12. The quantitative estimate of drug-likeness (QED) is 0.444. The zero-order valence-corrected chi connectivity index (χ0v) is 16.7. The molecule has 0 amide bonds. The highest BCUT2D eigenvalue weighted by Crippen LogP contribution is 2.21. The van der Waals surface area contributed by atoms with Crippen molar-refractivity contribution < 1.29 is 18.3 Å². The Labute approximate surface area is 167 Å². The van der Waals surface area contributed by atoms with Crippen LogP contribution < -0.4 is 4.72 Å². The molecular weight excluding hydrogens is 410 g/mol. The summed E-state index contributed by atoms with van der Waals surface area (Å²) in [6, 6.07) is 7.45. The van der Waals surface area contributed by atoms with Crippen LogP contribution in [-0.4, -0.2) is 35.3 Å². The number of carboxylic acid groups (broad SMARTS) is 1. The Bertz CT molecular complexity index is 956. The predicted octanol–water partition coefficient (Wildman–Crippen LogP) is 2.95. The fraction of sp³-hybridized carbons (Fsp3) is 0.176. The van der Waals surface area contributed by atoms with Crippen molar-refractivity contribution in [2.24, 2.45) is 0 Å². The number of rotatable bonds is 8. The fourth-order valence-electron chi connectivity index (χ4n) is 2.24. The normalized spacial score (nSPS) is 15.0. The molecular formula is C17H18ClN3O4S2. The molecule has 0 saturated heterocycles. The average Bonchev–Trinajstić information content (AvgIpc) is 3.04. The third-order valence-corrected chi connectivity index (χ3v) is 6.01. The summed E-state index contributed by atoms with van der Waals surface area (Å²) in [6.45, 7) is 1.64. The average molecular weight is 428 g/mol. The van der Waals surface area contributed by atoms with Crippen LogP contribution in [0.25, 0.3) is 6.20 Å². The molecule has 0 saturated carbocycles. The molecule has 0 aliphatic heterocycles. The van der Waals surface area contributed by atoms with Crippen LogP contribution in [0.2, 0.25) is 5.02 Å². The van der Waals surface area contributed by atoms with Gasteiger partial charge < -0.3 is 5.11 Å². The first kappa shape index (κ1) is 21.2. The second kappa shape index (κ2) is 9.23. The minimum Gasteiger partial charge on any atom is -0.480 e. The van der Waals surface area contributed by atoms with Crippen molar-refractivity contribution in [2.45, 2.75) is 18.9 Å². The van der Waals surface area contributed by atoms with E-state index in [1.54, 1.807) is 37.3 Å². The molecule has 27 heavy (non-hydrogen) atoms. The number of thiol groups is 1. The number of halogens is 1. The molecule has 2 atom stereocenters. The number of nitrogens with one attached hydrogen (secondary N) is 1. The van der Waals surface area contributed by atoms with Crippen LogP contribution in [0.3, 0.4) is 0 Å². The molecule has 2 rings (SSSR count). The van der Waals surface area contributed by atoms with E-state index in [4.69, 9.17) is 11.6 Å². The van der Waals surface area contributed by atoms with E-state index in [9.17, 15) is 18.3 Å². The second-order valence-corrected chi connectivity index (χ2v) is 8.52. The molecule has 0 radical (unpaired) electrons. The molecule has 0 aliphatic carbocycles. The molecule has 0 fully saturated rings. The summed E-state index contributed by atoms with van der Waals surface area (Å²) in [7, 11) is -4.12. The SMILES string of the molecule is CC(c1ccccc1)C(NS(=O)(=O)/C(S)=C/C=C/n1cc(Cl)cn1)C(=O)O. The van der Waals surface area contributed by atoms with Crippen molar-refractivity contribution in [2.75, 3.05) is 0 Å². The van der Waals surface area contributed by atoms with Gasteiger partial charge in [-0.05, 0) is 17.7 Å². The lowest BCUT2D eigenvalue weighted by molar-refractivity contribution is -0.139. The van der Waals surface area contributed by atoms with Gasteiger partial charge in [0.15, 0.2) is 0 Å². The molecule has 2 N–H and O–H groups in total. The van der Waals surface area contributed by atoms with Crippen LogP contribution in [0.4, 0.5) is 0 Å². The summed E-state index contributed by atoms with van der Waals surface area (Å²) < 4.78 is 28.1. The van der Waals surface area contributed by atoms with Crippen molar-refractivity contribution in [3.8, 4) is 0 Å². The zero-order chi connectivity index (χ0) is 20.0. The van der Waals surface area contributed by atoms with Gasteiger partial charge in [0.25, 0.3) is 0 Å². The Morgan fingerprint density at radius 2 is 2.04 bits per heavy atom. The second-order valence-electron chi connectivity index (χ2n) is 5.62. The van der Waals surface area contributed by atoms with Gasteiger partial charge in [0.05, 0.1) is 11.2 Å². The van der Waals surface area contributed by atoms with Gasteiger partial charge in [0.1, 0.15) is 10.3 Å². The number of aliphatic carboxylic acids is 1. The first-order valence-electron chi connectivity index (χ1n) is 7.78. The highest BCUT2D eigenvalue weighted by atomic mass is 35.5. The van der Waals surface area contributed by atoms with Crippen LogP contribution >= 0.6 is 24.2 Å². The molecule has 2 unspecified atom stereocenters. The number of benzene rings is 1. The van der Waals surface area contributed by atoms with E-state index in [0.717, 1.165) is 0 Å². The standard InChI is InChI=1S/C17H18ClN3O4S2/c1-12(13-6-3-2-4-7-13)16(17(22)23)20-27(24,25)15(26)8-5-9-21-11-14(18)10-19-21/h2-12,16,20,26H,1H3,(H,22,23)/b9-5+,15-8+. The number of hydrogen-bond donors (Lipinski definition) is 3. The van der Waals surface area contributed by atoms with Crippen molar-refractivity contribution >= 4 is 46.4 Å². The molecule has 1 aromatic heterocycles. The number of nitrogens with zero attached hydrogens (tertiary/aromatic N) is 2. The van der Waals surface area contributed by atoms with Gasteiger partial charge in [0.2, 0.25) is 10.0 Å². The monoisotopic (exact) mass is 427 g/mol. The Morgan fingerprint density at radius 3 is 2.59 bits per heavy atom. The summed E-state index contributed by atoms with van der Waals surface area (Å²) in [5.74, 6) is -1.86. The number of hydrogen-bond acceptors (Lipinski definition) is 5. The number of carboxylic acids is 1. The topological polar surface area (TPSA) is 101 Å². The van der Waals surface area contributed by atoms with Crippen LogP contribution in [0.1, 0.15) is 18.4 Å². The molecule has 144 valence electrons. The first-order chi connectivity index (χ1) is 12.7. The summed E-state index contributed by atoms with van der Waals surface area (Å²) in [6.07, 6.45) is 7.05. The van der Waals surface area contributed by atoms with E-state index >= 15 is 0 Å². The molecule has 10 heteroatoms. The highest BCUT2D eigenvalue weighted by Gasteiger charge is 2.31. The van der Waals surface area contributed by atoms with E-state index in [1.807, 2.05) is 0 Å². The maximum Gasteiger partial charge on any atom is 0.322 e.